The summed E-state index contributed by atoms with van der Waals surface area (Å²) < 4.78 is 0.936. The van der Waals surface area contributed by atoms with E-state index in [0.717, 1.165) is 15.6 Å². The third-order valence-electron chi connectivity index (χ3n) is 1.78. The molecule has 68 valence electrons. The van der Waals surface area contributed by atoms with Crippen molar-refractivity contribution in [2.24, 2.45) is 0 Å². The van der Waals surface area contributed by atoms with E-state index in [1.54, 1.807) is 12.2 Å². The van der Waals surface area contributed by atoms with Crippen LogP contribution in [-0.4, -0.2) is 5.78 Å². The first-order chi connectivity index (χ1) is 6.15. The molecule has 0 unspecified atom stereocenters. The second-order valence-electron chi connectivity index (χ2n) is 2.82. The van der Waals surface area contributed by atoms with Crippen molar-refractivity contribution in [3.05, 3.63) is 46.0 Å². The molecule has 1 nitrogen and oxygen atoms in total. The van der Waals surface area contributed by atoms with Crippen molar-refractivity contribution in [3.63, 3.8) is 0 Å². The molecular formula is C11H11BrO. The topological polar surface area (TPSA) is 17.1 Å². The average molecular weight is 239 g/mol. The van der Waals surface area contributed by atoms with Crippen molar-refractivity contribution in [2.75, 3.05) is 0 Å². The summed E-state index contributed by atoms with van der Waals surface area (Å²) in [5.41, 5.74) is 1.76. The van der Waals surface area contributed by atoms with E-state index in [2.05, 4.69) is 15.9 Å². The first-order valence-electron chi connectivity index (χ1n) is 4.08. The van der Waals surface area contributed by atoms with Gasteiger partial charge in [0.15, 0.2) is 5.78 Å². The molecule has 0 N–H and O–H groups in total. The predicted molar refractivity (Wildman–Crippen MR) is 58.0 cm³/mol. The Bertz CT molecular complexity index is 353. The molecule has 1 aromatic rings. The lowest BCUT2D eigenvalue weighted by atomic mass is 10.0. The Labute approximate surface area is 86.6 Å². The van der Waals surface area contributed by atoms with Gasteiger partial charge in [0, 0.05) is 10.0 Å². The molecule has 0 aliphatic heterocycles. The first kappa shape index (κ1) is 10.2. The van der Waals surface area contributed by atoms with Crippen molar-refractivity contribution in [3.8, 4) is 0 Å². The van der Waals surface area contributed by atoms with E-state index in [4.69, 9.17) is 0 Å². The van der Waals surface area contributed by atoms with E-state index >= 15 is 0 Å². The van der Waals surface area contributed by atoms with Crippen LogP contribution in [0.4, 0.5) is 0 Å². The van der Waals surface area contributed by atoms with Crippen LogP contribution < -0.4 is 0 Å². The summed E-state index contributed by atoms with van der Waals surface area (Å²) >= 11 is 3.34. The molecule has 0 aliphatic rings. The number of aryl methyl sites for hydroxylation is 1. The van der Waals surface area contributed by atoms with Crippen LogP contribution >= 0.6 is 15.9 Å². The van der Waals surface area contributed by atoms with E-state index in [0.29, 0.717) is 0 Å². The molecule has 0 atom stereocenters. The molecule has 0 radical (unpaired) electrons. The van der Waals surface area contributed by atoms with E-state index in [9.17, 15) is 4.79 Å². The molecular weight excluding hydrogens is 228 g/mol. The number of rotatable bonds is 2. The van der Waals surface area contributed by atoms with E-state index in [-0.39, 0.29) is 5.78 Å². The Morgan fingerprint density at radius 2 is 2.15 bits per heavy atom. The van der Waals surface area contributed by atoms with Crippen LogP contribution in [0.2, 0.25) is 0 Å². The van der Waals surface area contributed by atoms with Gasteiger partial charge in [-0.1, -0.05) is 28.1 Å². The van der Waals surface area contributed by atoms with Gasteiger partial charge in [-0.2, -0.15) is 0 Å². The summed E-state index contributed by atoms with van der Waals surface area (Å²) in [7, 11) is 0. The summed E-state index contributed by atoms with van der Waals surface area (Å²) in [6.45, 7) is 3.77. The maximum atomic E-state index is 11.5. The zero-order chi connectivity index (χ0) is 9.84. The molecule has 2 heteroatoms. The number of allylic oxidation sites excluding steroid dienone is 2. The number of hydrogen-bond donors (Lipinski definition) is 0. The van der Waals surface area contributed by atoms with Gasteiger partial charge in [0.1, 0.15) is 0 Å². The second-order valence-corrected chi connectivity index (χ2v) is 3.74. The molecule has 13 heavy (non-hydrogen) atoms. The standard InChI is InChI=1S/C11H11BrO/c1-3-4-11(13)10-7-9(12)6-5-8(10)2/h3-7H,1-2H3/b4-3-. The van der Waals surface area contributed by atoms with Crippen LogP contribution in [0.5, 0.6) is 0 Å². The van der Waals surface area contributed by atoms with Gasteiger partial charge in [-0.3, -0.25) is 4.79 Å². The van der Waals surface area contributed by atoms with Crippen LogP contribution in [0.15, 0.2) is 34.8 Å². The Morgan fingerprint density at radius 1 is 1.46 bits per heavy atom. The largest absolute Gasteiger partial charge is 0.289 e. The monoisotopic (exact) mass is 238 g/mol. The number of ketones is 1. The molecule has 0 saturated carbocycles. The van der Waals surface area contributed by atoms with Crippen molar-refractivity contribution in [1.82, 2.24) is 0 Å². The zero-order valence-corrected chi connectivity index (χ0v) is 9.26. The SMILES string of the molecule is C/C=C\C(=O)c1cc(Br)ccc1C. The summed E-state index contributed by atoms with van der Waals surface area (Å²) in [6, 6.07) is 5.71. The maximum absolute atomic E-state index is 11.5. The van der Waals surface area contributed by atoms with E-state index in [1.165, 1.54) is 0 Å². The molecule has 0 bridgehead atoms. The van der Waals surface area contributed by atoms with Gasteiger partial charge >= 0.3 is 0 Å². The Balaban J connectivity index is 3.13. The summed E-state index contributed by atoms with van der Waals surface area (Å²) in [6.07, 6.45) is 3.33. The Morgan fingerprint density at radius 3 is 2.77 bits per heavy atom. The highest BCUT2D eigenvalue weighted by atomic mass is 79.9. The minimum absolute atomic E-state index is 0.0568. The van der Waals surface area contributed by atoms with Gasteiger partial charge in [-0.25, -0.2) is 0 Å². The molecule has 1 rings (SSSR count). The molecule has 0 aromatic heterocycles. The second kappa shape index (κ2) is 4.38. The summed E-state index contributed by atoms with van der Waals surface area (Å²) in [5, 5.41) is 0. The van der Waals surface area contributed by atoms with E-state index in [1.807, 2.05) is 32.0 Å². The fourth-order valence-electron chi connectivity index (χ4n) is 1.10. The smallest absolute Gasteiger partial charge is 0.185 e. The Hall–Kier alpha value is -0.890. The lowest BCUT2D eigenvalue weighted by Crippen LogP contribution is -1.97. The molecule has 0 amide bonds. The molecule has 0 saturated heterocycles. The number of carbonyl (C=O) groups is 1. The highest BCUT2D eigenvalue weighted by molar-refractivity contribution is 9.10. The lowest BCUT2D eigenvalue weighted by molar-refractivity contribution is 0.104. The van der Waals surface area contributed by atoms with Gasteiger partial charge in [-0.05, 0) is 37.6 Å². The van der Waals surface area contributed by atoms with Crippen molar-refractivity contribution < 1.29 is 4.79 Å². The van der Waals surface area contributed by atoms with Crippen LogP contribution in [0.1, 0.15) is 22.8 Å². The number of carbonyl (C=O) groups excluding carboxylic acids is 1. The fourth-order valence-corrected chi connectivity index (χ4v) is 1.46. The van der Waals surface area contributed by atoms with Gasteiger partial charge in [0.25, 0.3) is 0 Å². The number of hydrogen-bond acceptors (Lipinski definition) is 1. The molecule has 0 fully saturated rings. The van der Waals surface area contributed by atoms with Gasteiger partial charge in [0.05, 0.1) is 0 Å². The molecule has 0 heterocycles. The average Bonchev–Trinajstić information content (AvgIpc) is 2.09. The summed E-state index contributed by atoms with van der Waals surface area (Å²) in [4.78, 5) is 11.5. The van der Waals surface area contributed by atoms with E-state index < -0.39 is 0 Å². The lowest BCUT2D eigenvalue weighted by Gasteiger charge is -2.01. The van der Waals surface area contributed by atoms with Gasteiger partial charge < -0.3 is 0 Å². The minimum Gasteiger partial charge on any atom is -0.289 e. The van der Waals surface area contributed by atoms with Crippen molar-refractivity contribution in [1.29, 1.82) is 0 Å². The predicted octanol–water partition coefficient (Wildman–Crippen LogP) is 3.52. The van der Waals surface area contributed by atoms with Crippen LogP contribution in [0.25, 0.3) is 0 Å². The normalized spacial score (nSPS) is 10.7. The third kappa shape index (κ3) is 2.52. The maximum Gasteiger partial charge on any atom is 0.185 e. The zero-order valence-electron chi connectivity index (χ0n) is 7.67. The van der Waals surface area contributed by atoms with Crippen LogP contribution in [0, 0.1) is 6.92 Å². The van der Waals surface area contributed by atoms with Crippen LogP contribution in [-0.2, 0) is 0 Å². The van der Waals surface area contributed by atoms with Gasteiger partial charge in [-0.15, -0.1) is 0 Å². The third-order valence-corrected chi connectivity index (χ3v) is 2.28. The quantitative estimate of drug-likeness (QED) is 0.570. The Kier molecular flexibility index (Phi) is 3.43. The highest BCUT2D eigenvalue weighted by Crippen LogP contribution is 2.16. The van der Waals surface area contributed by atoms with Crippen LogP contribution in [0.3, 0.4) is 0 Å². The molecule has 0 spiro atoms. The fraction of sp³-hybridized carbons (Fsp3) is 0.182. The number of halogens is 1. The van der Waals surface area contributed by atoms with Gasteiger partial charge in [0.2, 0.25) is 0 Å². The molecule has 1 aromatic carbocycles. The first-order valence-corrected chi connectivity index (χ1v) is 4.87. The minimum atomic E-state index is 0.0568. The van der Waals surface area contributed by atoms with Crippen molar-refractivity contribution >= 4 is 21.7 Å². The van der Waals surface area contributed by atoms with Crippen molar-refractivity contribution in [2.45, 2.75) is 13.8 Å². The molecule has 0 aliphatic carbocycles. The summed E-state index contributed by atoms with van der Waals surface area (Å²) in [5.74, 6) is 0.0568. The number of benzene rings is 1. The highest BCUT2D eigenvalue weighted by Gasteiger charge is 2.05.